The zero-order chi connectivity index (χ0) is 16.9. The highest BCUT2D eigenvalue weighted by Crippen LogP contribution is 2.44. The van der Waals surface area contributed by atoms with E-state index in [4.69, 9.17) is 4.74 Å². The number of halogens is 2. The minimum atomic E-state index is -0.176. The van der Waals surface area contributed by atoms with Gasteiger partial charge in [-0.05, 0) is 50.5 Å². The third kappa shape index (κ3) is 4.02. The quantitative estimate of drug-likeness (QED) is 0.247. The van der Waals surface area contributed by atoms with E-state index >= 15 is 0 Å². The average Bonchev–Trinajstić information content (AvgIpc) is 2.30. The Kier molecular flexibility index (Phi) is 5.37. The lowest BCUT2D eigenvalue weighted by Gasteiger charge is -2.41. The zero-order valence-corrected chi connectivity index (χ0v) is 19.0. The molecule has 2 nitrogen and oxygen atoms in total. The lowest BCUT2D eigenvalue weighted by Crippen LogP contribution is -2.44. The lowest BCUT2D eigenvalue weighted by molar-refractivity contribution is 0.308. The second-order valence-electron chi connectivity index (χ2n) is 8.09. The summed E-state index contributed by atoms with van der Waals surface area (Å²) in [6.07, 6.45) is 1.09. The van der Waals surface area contributed by atoms with Gasteiger partial charge in [0.2, 0.25) is 0 Å². The van der Waals surface area contributed by atoms with Crippen molar-refractivity contribution >= 4 is 76.8 Å². The maximum absolute atomic E-state index is 6.30. The first kappa shape index (κ1) is 19.0. The molecule has 0 radical (unpaired) electrons. The topological polar surface area (TPSA) is 12.5 Å². The van der Waals surface area contributed by atoms with E-state index in [0.717, 1.165) is 18.7 Å². The molecule has 116 valence electrons. The van der Waals surface area contributed by atoms with Gasteiger partial charge in [-0.3, -0.25) is 0 Å². The highest BCUT2D eigenvalue weighted by atomic mass is 127. The van der Waals surface area contributed by atoms with Gasteiger partial charge in [-0.1, -0.05) is 22.6 Å². The van der Waals surface area contributed by atoms with Gasteiger partial charge in [-0.2, -0.15) is 0 Å². The summed E-state index contributed by atoms with van der Waals surface area (Å²) in [5.74, 6) is 1.04. The summed E-state index contributed by atoms with van der Waals surface area (Å²) in [5.41, 5.74) is 4.22. The highest BCUT2D eigenvalue weighted by molar-refractivity contribution is 14.1. The number of hydrogen-bond acceptors (Lipinski definition) is 2. The van der Waals surface area contributed by atoms with Crippen molar-refractivity contribution in [3.8, 4) is 5.75 Å². The van der Waals surface area contributed by atoms with Crippen LogP contribution in [0.2, 0.25) is 0 Å². The van der Waals surface area contributed by atoms with Crippen LogP contribution in [-0.2, 0) is 15.3 Å². The molecule has 0 aromatic heterocycles. The summed E-state index contributed by atoms with van der Waals surface area (Å²) in [6, 6.07) is 4.68. The van der Waals surface area contributed by atoms with Gasteiger partial charge in [0.05, 0.1) is 0 Å². The van der Waals surface area contributed by atoms with Crippen LogP contribution in [0.3, 0.4) is 0 Å². The standard InChI is InChI=1S/C14H23B4I2NO/c1-12(2,19)10-7-9-8(4-5-21(20)13(9,3)15)6-11(10)22-14(16,17)18/h6-7H,4-5,15-18H2,1-3H3. The number of hydrogen-bond donors (Lipinski definition) is 0. The number of ether oxygens (including phenoxy) is 1. The van der Waals surface area contributed by atoms with Crippen LogP contribution < -0.4 is 4.74 Å². The molecule has 0 saturated heterocycles. The Hall–Kier alpha value is 0.700. The van der Waals surface area contributed by atoms with E-state index in [1.54, 1.807) is 0 Å². The molecule has 0 spiro atoms. The summed E-state index contributed by atoms with van der Waals surface area (Å²) in [4.78, 5) is 0. The molecule has 1 aromatic carbocycles. The van der Waals surface area contributed by atoms with Gasteiger partial charge in [0.25, 0.3) is 0 Å². The summed E-state index contributed by atoms with van der Waals surface area (Å²) in [6.45, 7) is 7.90. The van der Waals surface area contributed by atoms with E-state index in [1.165, 1.54) is 16.7 Å². The molecule has 0 aliphatic carbocycles. The molecule has 2 rings (SSSR count). The summed E-state index contributed by atoms with van der Waals surface area (Å²) >= 11 is 4.98. The minimum absolute atomic E-state index is 0.0387. The number of rotatable bonds is 3. The van der Waals surface area contributed by atoms with Crippen LogP contribution >= 0.6 is 45.5 Å². The molecule has 8 heteroatoms. The van der Waals surface area contributed by atoms with Crippen molar-refractivity contribution in [2.45, 2.75) is 41.4 Å². The third-order valence-corrected chi connectivity index (χ3v) is 6.37. The van der Waals surface area contributed by atoms with Gasteiger partial charge in [0.1, 0.15) is 37.1 Å². The largest absolute Gasteiger partial charge is 0.513 e. The average molecular weight is 518 g/mol. The van der Waals surface area contributed by atoms with Gasteiger partial charge < -0.3 is 4.74 Å². The van der Waals surface area contributed by atoms with E-state index < -0.39 is 0 Å². The minimum Gasteiger partial charge on any atom is -0.513 e. The molecule has 0 fully saturated rings. The number of fused-ring (bicyclic) bond motifs is 1. The van der Waals surface area contributed by atoms with Gasteiger partial charge in [-0.15, -0.1) is 0 Å². The van der Waals surface area contributed by atoms with Crippen molar-refractivity contribution in [3.63, 3.8) is 0 Å². The molecule has 1 heterocycles. The molecule has 1 unspecified atom stereocenters. The van der Waals surface area contributed by atoms with Gasteiger partial charge in [0.15, 0.2) is 0 Å². The Bertz CT molecular complexity index is 581. The Morgan fingerprint density at radius 2 is 1.86 bits per heavy atom. The van der Waals surface area contributed by atoms with Crippen LogP contribution in [0.25, 0.3) is 0 Å². The first-order chi connectivity index (χ1) is 9.82. The Labute approximate surface area is 166 Å². The third-order valence-electron chi connectivity index (χ3n) is 4.11. The second kappa shape index (κ2) is 6.21. The summed E-state index contributed by atoms with van der Waals surface area (Å²) in [7, 11) is 8.67. The molecular weight excluding hydrogens is 495 g/mol. The van der Waals surface area contributed by atoms with Gasteiger partial charge in [-0.25, -0.2) is 3.11 Å². The Morgan fingerprint density at radius 3 is 2.36 bits per heavy atom. The maximum Gasteiger partial charge on any atom is 0.135 e. The van der Waals surface area contributed by atoms with Crippen LogP contribution in [0.15, 0.2) is 12.1 Å². The van der Waals surface area contributed by atoms with Crippen molar-refractivity contribution < 1.29 is 4.74 Å². The molecule has 1 aromatic rings. The van der Waals surface area contributed by atoms with E-state index in [9.17, 15) is 0 Å². The van der Waals surface area contributed by atoms with E-state index in [1.807, 2.05) is 0 Å². The normalized spacial score (nSPS) is 23.1. The van der Waals surface area contributed by atoms with E-state index in [0.29, 0.717) is 0 Å². The van der Waals surface area contributed by atoms with Crippen LogP contribution in [0.5, 0.6) is 5.75 Å². The van der Waals surface area contributed by atoms with Crippen molar-refractivity contribution in [1.82, 2.24) is 3.11 Å². The van der Waals surface area contributed by atoms with Crippen molar-refractivity contribution in [1.29, 1.82) is 0 Å². The molecule has 1 aliphatic rings. The van der Waals surface area contributed by atoms with Crippen molar-refractivity contribution in [2.75, 3.05) is 6.54 Å². The summed E-state index contributed by atoms with van der Waals surface area (Å²) in [5, 5.41) is -0.176. The highest BCUT2D eigenvalue weighted by Gasteiger charge is 2.36. The monoisotopic (exact) mass is 519 g/mol. The zero-order valence-electron chi connectivity index (χ0n) is 14.7. The van der Waals surface area contributed by atoms with E-state index in [-0.39, 0.29) is 14.2 Å². The smallest absolute Gasteiger partial charge is 0.135 e. The second-order valence-corrected chi connectivity index (χ2v) is 11.9. The van der Waals surface area contributed by atoms with Crippen LogP contribution in [0.4, 0.5) is 0 Å². The first-order valence-corrected chi connectivity index (χ1v) is 9.86. The van der Waals surface area contributed by atoms with E-state index in [2.05, 4.69) is 113 Å². The first-order valence-electron chi connectivity index (χ1n) is 7.81. The summed E-state index contributed by atoms with van der Waals surface area (Å²) < 4.78 is 8.76. The van der Waals surface area contributed by atoms with Crippen molar-refractivity contribution in [3.05, 3.63) is 28.8 Å². The fraction of sp³-hybridized carbons (Fsp3) is 0.571. The van der Waals surface area contributed by atoms with Crippen LogP contribution in [0, 0.1) is 0 Å². The van der Waals surface area contributed by atoms with Crippen LogP contribution in [-0.4, -0.2) is 46.3 Å². The molecule has 1 aliphatic heterocycles. The molecule has 0 saturated carbocycles. The molecule has 22 heavy (non-hydrogen) atoms. The van der Waals surface area contributed by atoms with Gasteiger partial charge >= 0.3 is 0 Å². The Morgan fingerprint density at radius 1 is 1.27 bits per heavy atom. The van der Waals surface area contributed by atoms with Crippen molar-refractivity contribution in [2.24, 2.45) is 0 Å². The molecule has 1 atom stereocenters. The molecule has 0 N–H and O–H groups in total. The van der Waals surface area contributed by atoms with Gasteiger partial charge in [0, 0.05) is 49.1 Å². The fourth-order valence-electron chi connectivity index (χ4n) is 2.91. The Balaban J connectivity index is 2.63. The predicted octanol–water partition coefficient (Wildman–Crippen LogP) is 0.260. The van der Waals surface area contributed by atoms with Crippen LogP contribution in [0.1, 0.15) is 37.5 Å². The maximum atomic E-state index is 6.30. The lowest BCUT2D eigenvalue weighted by atomic mass is 9.52. The predicted molar refractivity (Wildman–Crippen MR) is 123 cm³/mol. The number of nitrogens with zero attached hydrogens (tertiary/aromatic N) is 1. The SMILES string of the molecule is BC(B)(B)Oc1cc2c(cc1C(C)(C)I)C(B)(C)N(I)CC2. The fourth-order valence-corrected chi connectivity index (χ4v) is 3.83. The number of benzene rings is 1. The number of alkyl halides is 1. The molecule has 0 bridgehead atoms. The molecule has 0 amide bonds. The molecular formula is C14H23B4I2NO.